The van der Waals surface area contributed by atoms with Crippen molar-refractivity contribution in [2.45, 2.75) is 64.2 Å². The van der Waals surface area contributed by atoms with Gasteiger partial charge in [0.2, 0.25) is 0 Å². The lowest BCUT2D eigenvalue weighted by molar-refractivity contribution is -0.158. The Hall–Kier alpha value is -3.15. The summed E-state index contributed by atoms with van der Waals surface area (Å²) in [5.74, 6) is -2.44. The molecule has 0 heterocycles. The van der Waals surface area contributed by atoms with E-state index in [0.717, 1.165) is 19.4 Å². The van der Waals surface area contributed by atoms with Gasteiger partial charge in [0.15, 0.2) is 0 Å². The monoisotopic (exact) mass is 652 g/mol. The molecule has 3 unspecified atom stereocenters. The number of carbonyl (C=O) groups excluding carboxylic acids is 3. The van der Waals surface area contributed by atoms with Crippen LogP contribution >= 0.6 is 11.6 Å². The van der Waals surface area contributed by atoms with Crippen molar-refractivity contribution in [2.24, 2.45) is 11.3 Å². The van der Waals surface area contributed by atoms with Crippen molar-refractivity contribution in [1.29, 1.82) is 0 Å². The van der Waals surface area contributed by atoms with Crippen LogP contribution < -0.4 is 4.72 Å². The van der Waals surface area contributed by atoms with E-state index in [1.165, 1.54) is 44.6 Å². The summed E-state index contributed by atoms with van der Waals surface area (Å²) in [4.78, 5) is 40.1. The molecule has 0 bridgehead atoms. The number of halogens is 1. The number of sulfonamides is 1. The molecule has 44 heavy (non-hydrogen) atoms. The molecule has 244 valence electrons. The number of unbranched alkanes of at least 4 members (excludes halogenated alkanes) is 1. The molecule has 0 radical (unpaired) electrons. The van der Waals surface area contributed by atoms with Crippen LogP contribution in [-0.4, -0.2) is 72.2 Å². The molecule has 0 spiro atoms. The van der Waals surface area contributed by atoms with Crippen LogP contribution in [0.15, 0.2) is 47.4 Å². The molecule has 0 saturated heterocycles. The average molecular weight is 653 g/mol. The van der Waals surface area contributed by atoms with Gasteiger partial charge in [0, 0.05) is 6.54 Å². The van der Waals surface area contributed by atoms with Gasteiger partial charge < -0.3 is 19.1 Å². The number of nitrogens with one attached hydrogen (secondary N) is 1. The Morgan fingerprint density at radius 2 is 1.68 bits per heavy atom. The molecule has 10 nitrogen and oxygen atoms in total. The third kappa shape index (κ3) is 9.67. The van der Waals surface area contributed by atoms with Crippen molar-refractivity contribution >= 4 is 45.2 Å². The number of rotatable bonds is 17. The highest BCUT2D eigenvalue weighted by molar-refractivity contribution is 7.92. The second kappa shape index (κ2) is 16.8. The summed E-state index contributed by atoms with van der Waals surface area (Å²) >= 11 is 6.18. The quantitative estimate of drug-likeness (QED) is 0.164. The van der Waals surface area contributed by atoms with Crippen LogP contribution in [-0.2, 0) is 33.8 Å². The molecule has 2 rings (SSSR count). The summed E-state index contributed by atoms with van der Waals surface area (Å²) in [6.07, 6.45) is 2.83. The van der Waals surface area contributed by atoms with Crippen molar-refractivity contribution in [3.63, 3.8) is 0 Å². The Kier molecular flexibility index (Phi) is 14.1. The molecule has 2 aromatic rings. The maximum Gasteiger partial charge on any atom is 0.337 e. The number of likely N-dealkylation sites (N-methyl/N-ethyl adjacent to an activating group) is 1. The molecule has 0 saturated carbocycles. The Bertz CT molecular complexity index is 1380. The molecule has 0 amide bonds. The Balaban J connectivity index is 2.23. The van der Waals surface area contributed by atoms with Crippen molar-refractivity contribution < 1.29 is 37.0 Å². The zero-order valence-electron chi connectivity index (χ0n) is 26.6. The first kappa shape index (κ1) is 37.0. The van der Waals surface area contributed by atoms with Gasteiger partial charge in [-0.3, -0.25) is 14.3 Å². The average Bonchev–Trinajstić information content (AvgIpc) is 3.02. The van der Waals surface area contributed by atoms with E-state index in [1.54, 1.807) is 19.1 Å². The molecule has 0 aliphatic heterocycles. The lowest BCUT2D eigenvalue weighted by atomic mass is 9.69. The summed E-state index contributed by atoms with van der Waals surface area (Å²) in [6.45, 7) is 9.41. The Morgan fingerprint density at radius 3 is 2.25 bits per heavy atom. The molecule has 0 fully saturated rings. The fourth-order valence-corrected chi connectivity index (χ4v) is 6.18. The highest BCUT2D eigenvalue weighted by atomic mass is 35.5. The van der Waals surface area contributed by atoms with Gasteiger partial charge >= 0.3 is 17.9 Å². The molecule has 0 aromatic heterocycles. The van der Waals surface area contributed by atoms with Gasteiger partial charge in [0.25, 0.3) is 10.0 Å². The van der Waals surface area contributed by atoms with Gasteiger partial charge in [0.1, 0.15) is 6.61 Å². The zero-order valence-corrected chi connectivity index (χ0v) is 28.2. The number of benzene rings is 2. The number of esters is 3. The van der Waals surface area contributed by atoms with Crippen molar-refractivity contribution in [3.8, 4) is 0 Å². The highest BCUT2D eigenvalue weighted by Crippen LogP contribution is 2.43. The predicted octanol–water partition coefficient (Wildman–Crippen LogP) is 5.90. The molecular weight excluding hydrogens is 608 g/mol. The zero-order chi connectivity index (χ0) is 33.1. The number of methoxy groups -OCH3 is 2. The Labute approximate surface area is 266 Å². The van der Waals surface area contributed by atoms with Crippen LogP contribution in [0.2, 0.25) is 5.02 Å². The lowest BCUT2D eigenvalue weighted by Gasteiger charge is -2.35. The maximum absolute atomic E-state index is 13.2. The van der Waals surface area contributed by atoms with Gasteiger partial charge in [-0.05, 0) is 81.6 Å². The fourth-order valence-electron chi connectivity index (χ4n) is 4.89. The minimum atomic E-state index is -4.08. The molecule has 0 aliphatic rings. The number of carbonyl (C=O) groups is 3. The number of nitrogens with zero attached hydrogens (tertiary/aromatic N) is 1. The maximum atomic E-state index is 13.2. The minimum Gasteiger partial charge on any atom is -0.469 e. The van der Waals surface area contributed by atoms with Crippen LogP contribution in [0.5, 0.6) is 0 Å². The van der Waals surface area contributed by atoms with E-state index in [2.05, 4.69) is 16.5 Å². The van der Waals surface area contributed by atoms with Crippen molar-refractivity contribution in [1.82, 2.24) is 4.90 Å². The van der Waals surface area contributed by atoms with Crippen LogP contribution in [0.1, 0.15) is 75.2 Å². The number of hydrogen-bond acceptors (Lipinski definition) is 9. The molecule has 0 aliphatic carbocycles. The van der Waals surface area contributed by atoms with E-state index >= 15 is 0 Å². The van der Waals surface area contributed by atoms with Crippen LogP contribution in [0.4, 0.5) is 5.69 Å². The van der Waals surface area contributed by atoms with Crippen molar-refractivity contribution in [3.05, 3.63) is 58.6 Å². The van der Waals surface area contributed by atoms with Gasteiger partial charge in [0.05, 0.1) is 46.7 Å². The van der Waals surface area contributed by atoms with E-state index in [0.29, 0.717) is 18.5 Å². The van der Waals surface area contributed by atoms with E-state index in [4.69, 9.17) is 25.8 Å². The van der Waals surface area contributed by atoms with E-state index in [-0.39, 0.29) is 40.2 Å². The molecule has 12 heteroatoms. The summed E-state index contributed by atoms with van der Waals surface area (Å²) in [7, 11) is 0.432. The van der Waals surface area contributed by atoms with Crippen molar-refractivity contribution in [2.75, 3.05) is 45.7 Å². The molecular formula is C32H45ClN2O8S. The number of hydrogen-bond donors (Lipinski definition) is 1. The summed E-state index contributed by atoms with van der Waals surface area (Å²) in [5, 5.41) is 0.104. The van der Waals surface area contributed by atoms with Gasteiger partial charge in [-0.15, -0.1) is 0 Å². The third-order valence-corrected chi connectivity index (χ3v) is 9.75. The van der Waals surface area contributed by atoms with Gasteiger partial charge in [-0.2, -0.15) is 0 Å². The SMILES string of the molecule is CCCCN(C)CCOC(=O)C(CC)CC(C)(C(=O)OC)C(C)c1ccc(S(=O)(=O)Nc2cc(C(=O)OC)ccc2Cl)cc1. The first-order valence-corrected chi connectivity index (χ1v) is 16.5. The molecule has 3 atom stereocenters. The summed E-state index contributed by atoms with van der Waals surface area (Å²) < 4.78 is 44.2. The topological polar surface area (TPSA) is 128 Å². The summed E-state index contributed by atoms with van der Waals surface area (Å²) in [6, 6.07) is 10.2. The molecule has 1 N–H and O–H groups in total. The molecule has 2 aromatic carbocycles. The fraction of sp³-hybridized carbons (Fsp3) is 0.531. The number of anilines is 1. The van der Waals surface area contributed by atoms with E-state index < -0.39 is 39.2 Å². The van der Waals surface area contributed by atoms with Gasteiger partial charge in [-0.1, -0.05) is 50.9 Å². The third-order valence-electron chi connectivity index (χ3n) is 8.04. The van der Waals surface area contributed by atoms with E-state index in [1.807, 2.05) is 20.9 Å². The number of ether oxygens (including phenoxy) is 3. The Morgan fingerprint density at radius 1 is 1.02 bits per heavy atom. The normalized spacial score (nSPS) is 14.3. The standard InChI is InChI=1S/C32H45ClN2O8S/c1-8-10-17-35(5)18-19-43-30(37)23(9-2)21-32(4,31(38)42-7)22(3)24-11-14-26(15-12-24)44(39,40)34-28-20-25(29(36)41-6)13-16-27(28)33/h11-16,20,22-23,34H,8-10,17-19,21H2,1-7H3. The highest BCUT2D eigenvalue weighted by Gasteiger charge is 2.44. The summed E-state index contributed by atoms with van der Waals surface area (Å²) in [5.41, 5.74) is -0.263. The van der Waals surface area contributed by atoms with E-state index in [9.17, 15) is 22.8 Å². The van der Waals surface area contributed by atoms with Gasteiger partial charge in [-0.25, -0.2) is 13.2 Å². The first-order chi connectivity index (χ1) is 20.7. The van der Waals surface area contributed by atoms with Crippen LogP contribution in [0.3, 0.4) is 0 Å². The first-order valence-electron chi connectivity index (χ1n) is 14.7. The second-order valence-corrected chi connectivity index (χ2v) is 13.2. The minimum absolute atomic E-state index is 0.0235. The van der Waals surface area contributed by atoms with Crippen LogP contribution in [0, 0.1) is 11.3 Å². The second-order valence-electron chi connectivity index (χ2n) is 11.1. The smallest absolute Gasteiger partial charge is 0.337 e. The van der Waals surface area contributed by atoms with Crippen LogP contribution in [0.25, 0.3) is 0 Å². The lowest BCUT2D eigenvalue weighted by Crippen LogP contribution is -2.38. The largest absolute Gasteiger partial charge is 0.469 e. The predicted molar refractivity (Wildman–Crippen MR) is 170 cm³/mol.